The van der Waals surface area contributed by atoms with Gasteiger partial charge in [-0.05, 0) is 18.3 Å². The lowest BCUT2D eigenvalue weighted by Crippen LogP contribution is -2.48. The fraction of sp³-hybridized carbons (Fsp3) is 0.846. The smallest absolute Gasteiger partial charge is 0.304 e. The molecule has 0 aromatic heterocycles. The molecule has 0 aromatic rings. The Labute approximate surface area is 108 Å². The predicted octanol–water partition coefficient (Wildman–Crippen LogP) is 0.773. The summed E-state index contributed by atoms with van der Waals surface area (Å²) < 4.78 is 0. The van der Waals surface area contributed by atoms with E-state index in [9.17, 15) is 4.79 Å². The molecule has 1 heterocycles. The molecule has 0 spiro atoms. The van der Waals surface area contributed by atoms with Crippen molar-refractivity contribution >= 4 is 5.97 Å². The number of hydrogen-bond acceptors (Lipinski definition) is 4. The third kappa shape index (κ3) is 3.69. The molecule has 2 aliphatic rings. The van der Waals surface area contributed by atoms with Crippen LogP contribution in [0.5, 0.6) is 0 Å². The first kappa shape index (κ1) is 13.3. The van der Waals surface area contributed by atoms with Crippen molar-refractivity contribution in [3.05, 3.63) is 0 Å². The number of piperazine rings is 1. The van der Waals surface area contributed by atoms with Crippen molar-refractivity contribution in [1.82, 2.24) is 9.80 Å². The van der Waals surface area contributed by atoms with Crippen LogP contribution >= 0.6 is 0 Å². The average Bonchev–Trinajstić information content (AvgIpc) is 3.08. The largest absolute Gasteiger partial charge is 0.481 e. The van der Waals surface area contributed by atoms with Crippen molar-refractivity contribution in [3.63, 3.8) is 0 Å². The Balaban J connectivity index is 1.67. The molecule has 1 N–H and O–H groups in total. The monoisotopic (exact) mass is 251 g/mol. The van der Waals surface area contributed by atoms with Crippen LogP contribution in [-0.2, 0) is 4.79 Å². The van der Waals surface area contributed by atoms with Gasteiger partial charge < -0.3 is 14.9 Å². The Morgan fingerprint density at radius 1 is 1.22 bits per heavy atom. The van der Waals surface area contributed by atoms with E-state index in [1.807, 2.05) is 0 Å². The second-order valence-electron chi connectivity index (χ2n) is 5.60. The molecule has 1 saturated heterocycles. The number of rotatable bonds is 6. The summed E-state index contributed by atoms with van der Waals surface area (Å²) in [6.45, 7) is 5.63. The Hall–Kier alpha value is -1.12. The highest BCUT2D eigenvalue weighted by atomic mass is 16.4. The molecule has 1 saturated carbocycles. The minimum atomic E-state index is -0.719. The Morgan fingerprint density at radius 2 is 1.83 bits per heavy atom. The van der Waals surface area contributed by atoms with Gasteiger partial charge in [0.2, 0.25) is 0 Å². The minimum Gasteiger partial charge on any atom is -0.481 e. The maximum absolute atomic E-state index is 10.5. The van der Waals surface area contributed by atoms with Gasteiger partial charge in [-0.3, -0.25) is 4.79 Å². The number of carbonyl (C=O) groups is 1. The van der Waals surface area contributed by atoms with Crippen LogP contribution in [0.4, 0.5) is 0 Å². The van der Waals surface area contributed by atoms with Gasteiger partial charge >= 0.3 is 5.97 Å². The fourth-order valence-corrected chi connectivity index (χ4v) is 2.63. The van der Waals surface area contributed by atoms with Gasteiger partial charge in [0.15, 0.2) is 0 Å². The second kappa shape index (κ2) is 5.68. The van der Waals surface area contributed by atoms with Crippen LogP contribution in [-0.4, -0.2) is 60.1 Å². The number of carboxylic acids is 1. The number of aliphatic carboxylic acids is 1. The zero-order valence-electron chi connectivity index (χ0n) is 10.8. The van der Waals surface area contributed by atoms with Crippen LogP contribution in [0.2, 0.25) is 0 Å². The van der Waals surface area contributed by atoms with Crippen molar-refractivity contribution in [2.45, 2.75) is 25.7 Å². The Bertz CT molecular complexity index is 339. The molecule has 1 aliphatic heterocycles. The van der Waals surface area contributed by atoms with Crippen molar-refractivity contribution in [2.24, 2.45) is 5.41 Å². The summed E-state index contributed by atoms with van der Waals surface area (Å²) in [6.07, 6.45) is 3.31. The molecular formula is C13H21N3O2. The predicted molar refractivity (Wildman–Crippen MR) is 67.0 cm³/mol. The van der Waals surface area contributed by atoms with E-state index in [1.165, 1.54) is 12.8 Å². The molecule has 0 radical (unpaired) electrons. The van der Waals surface area contributed by atoms with E-state index in [-0.39, 0.29) is 11.8 Å². The highest BCUT2D eigenvalue weighted by Gasteiger charge is 2.43. The quantitative estimate of drug-likeness (QED) is 0.755. The third-order valence-electron chi connectivity index (χ3n) is 4.08. The molecule has 0 unspecified atom stereocenters. The van der Waals surface area contributed by atoms with Crippen molar-refractivity contribution < 1.29 is 9.90 Å². The van der Waals surface area contributed by atoms with Gasteiger partial charge in [0.25, 0.3) is 0 Å². The third-order valence-corrected chi connectivity index (χ3v) is 4.08. The van der Waals surface area contributed by atoms with Crippen LogP contribution in [0.1, 0.15) is 25.7 Å². The summed E-state index contributed by atoms with van der Waals surface area (Å²) in [4.78, 5) is 15.2. The molecule has 0 bridgehead atoms. The van der Waals surface area contributed by atoms with Gasteiger partial charge in [-0.1, -0.05) is 0 Å². The van der Waals surface area contributed by atoms with E-state index < -0.39 is 5.97 Å². The molecular weight excluding hydrogens is 230 g/mol. The van der Waals surface area contributed by atoms with Crippen LogP contribution in [0, 0.1) is 16.7 Å². The normalized spacial score (nSPS) is 23.5. The zero-order valence-corrected chi connectivity index (χ0v) is 10.8. The van der Waals surface area contributed by atoms with E-state index in [0.717, 1.165) is 32.7 Å². The molecule has 2 fully saturated rings. The van der Waals surface area contributed by atoms with Crippen molar-refractivity contribution in [1.29, 1.82) is 5.26 Å². The topological polar surface area (TPSA) is 67.6 Å². The standard InChI is InChI=1S/C13H21N3O2/c14-5-4-13(2-3-13)11-16-9-7-15(8-10-16)6-1-12(17)18/h1-4,6-11H2,(H,17,18). The minimum absolute atomic E-state index is 0.234. The molecule has 5 nitrogen and oxygen atoms in total. The first-order valence-electron chi connectivity index (χ1n) is 6.67. The highest BCUT2D eigenvalue weighted by molar-refractivity contribution is 5.66. The molecule has 0 amide bonds. The van der Waals surface area contributed by atoms with Crippen molar-refractivity contribution in [3.8, 4) is 6.07 Å². The fourth-order valence-electron chi connectivity index (χ4n) is 2.63. The zero-order chi connectivity index (χ0) is 13.0. The number of carboxylic acid groups (broad SMARTS) is 1. The Morgan fingerprint density at radius 3 is 2.33 bits per heavy atom. The summed E-state index contributed by atoms with van der Waals surface area (Å²) in [5.74, 6) is -0.719. The summed E-state index contributed by atoms with van der Waals surface area (Å²) in [7, 11) is 0. The van der Waals surface area contributed by atoms with Crippen LogP contribution in [0.15, 0.2) is 0 Å². The molecule has 0 aromatic carbocycles. The van der Waals surface area contributed by atoms with Gasteiger partial charge in [0.05, 0.1) is 12.5 Å². The lowest BCUT2D eigenvalue weighted by molar-refractivity contribution is -0.137. The average molecular weight is 251 g/mol. The summed E-state index contributed by atoms with van der Waals surface area (Å²) in [5.41, 5.74) is 0.290. The van der Waals surface area contributed by atoms with Crippen molar-refractivity contribution in [2.75, 3.05) is 39.3 Å². The van der Waals surface area contributed by atoms with E-state index in [2.05, 4.69) is 15.9 Å². The molecule has 1 aliphatic carbocycles. The number of nitrogens with zero attached hydrogens (tertiary/aromatic N) is 3. The molecule has 18 heavy (non-hydrogen) atoms. The van der Waals surface area contributed by atoms with Gasteiger partial charge in [-0.2, -0.15) is 5.26 Å². The lowest BCUT2D eigenvalue weighted by atomic mass is 10.0. The lowest BCUT2D eigenvalue weighted by Gasteiger charge is -2.36. The molecule has 2 rings (SSSR count). The summed E-state index contributed by atoms with van der Waals surface area (Å²) in [5, 5.41) is 17.5. The SMILES string of the molecule is N#CCC1(CN2CCN(CCC(=O)O)CC2)CC1. The van der Waals surface area contributed by atoms with E-state index in [0.29, 0.717) is 13.0 Å². The van der Waals surface area contributed by atoms with Crippen LogP contribution in [0.3, 0.4) is 0 Å². The van der Waals surface area contributed by atoms with E-state index in [4.69, 9.17) is 10.4 Å². The van der Waals surface area contributed by atoms with Crippen LogP contribution in [0.25, 0.3) is 0 Å². The number of nitriles is 1. The van der Waals surface area contributed by atoms with Gasteiger partial charge in [-0.15, -0.1) is 0 Å². The maximum Gasteiger partial charge on any atom is 0.304 e. The highest BCUT2D eigenvalue weighted by Crippen LogP contribution is 2.49. The Kier molecular flexibility index (Phi) is 4.20. The molecule has 5 heteroatoms. The number of hydrogen-bond donors (Lipinski definition) is 1. The van der Waals surface area contributed by atoms with Gasteiger partial charge in [0.1, 0.15) is 0 Å². The molecule has 0 atom stereocenters. The van der Waals surface area contributed by atoms with E-state index >= 15 is 0 Å². The van der Waals surface area contributed by atoms with E-state index in [1.54, 1.807) is 0 Å². The second-order valence-corrected chi connectivity index (χ2v) is 5.60. The van der Waals surface area contributed by atoms with Gasteiger partial charge in [-0.25, -0.2) is 0 Å². The maximum atomic E-state index is 10.5. The molecule has 100 valence electrons. The summed E-state index contributed by atoms with van der Waals surface area (Å²) in [6, 6.07) is 2.30. The van der Waals surface area contributed by atoms with Crippen LogP contribution < -0.4 is 0 Å². The first-order chi connectivity index (χ1) is 8.63. The first-order valence-corrected chi connectivity index (χ1v) is 6.67. The van der Waals surface area contributed by atoms with Gasteiger partial charge in [0, 0.05) is 45.7 Å². The summed E-state index contributed by atoms with van der Waals surface area (Å²) >= 11 is 0.